The van der Waals surface area contributed by atoms with Crippen LogP contribution >= 0.6 is 0 Å². The molecule has 0 saturated heterocycles. The Bertz CT molecular complexity index is 441. The van der Waals surface area contributed by atoms with Crippen molar-refractivity contribution < 1.29 is 0 Å². The molecule has 0 amide bonds. The number of hydrogen-bond donors (Lipinski definition) is 0. The summed E-state index contributed by atoms with van der Waals surface area (Å²) in [5.41, 5.74) is 6.60. The zero-order chi connectivity index (χ0) is 15.9. The molecule has 0 aromatic heterocycles. The molecule has 0 aliphatic carbocycles. The SMILES string of the molecule is C.CCC(C)(C)c1cc(C(C)(C)C)c(C)c(C(C)(C)C)c1. The quantitative estimate of drug-likeness (QED) is 0.555. The fraction of sp³-hybridized carbons (Fsp3) is 0.714. The Morgan fingerprint density at radius 2 is 1.10 bits per heavy atom. The first-order valence-corrected chi connectivity index (χ1v) is 7.97. The summed E-state index contributed by atoms with van der Waals surface area (Å²) in [6.45, 7) is 23.2. The molecule has 0 heteroatoms. The van der Waals surface area contributed by atoms with Crippen molar-refractivity contribution in [3.05, 3.63) is 34.4 Å². The average Bonchev–Trinajstić information content (AvgIpc) is 2.25. The molecule has 0 radical (unpaired) electrons. The maximum atomic E-state index is 2.45. The smallest absolute Gasteiger partial charge is 0.0106 e. The van der Waals surface area contributed by atoms with Crippen LogP contribution in [0.4, 0.5) is 0 Å². The van der Waals surface area contributed by atoms with Gasteiger partial charge in [0.2, 0.25) is 0 Å². The Hall–Kier alpha value is -0.780. The standard InChI is InChI=1S/C20H34.CH4/c1-11-20(9,10)15-12-16(18(3,4)5)14(2)17(13-15)19(6,7)8;/h12-13H,11H2,1-10H3;1H4. The minimum absolute atomic E-state index is 0. The van der Waals surface area contributed by atoms with Gasteiger partial charge in [-0.1, -0.05) is 81.9 Å². The van der Waals surface area contributed by atoms with Gasteiger partial charge in [-0.05, 0) is 51.8 Å². The zero-order valence-corrected chi connectivity index (χ0v) is 15.4. The van der Waals surface area contributed by atoms with E-state index in [9.17, 15) is 0 Å². The monoisotopic (exact) mass is 290 g/mol. The number of hydrogen-bond acceptors (Lipinski definition) is 0. The lowest BCUT2D eigenvalue weighted by molar-refractivity contribution is 0.495. The van der Waals surface area contributed by atoms with E-state index in [1.165, 1.54) is 28.7 Å². The van der Waals surface area contributed by atoms with Crippen molar-refractivity contribution in [2.45, 2.75) is 99.3 Å². The highest BCUT2D eigenvalue weighted by molar-refractivity contribution is 5.46. The van der Waals surface area contributed by atoms with Crippen LogP contribution in [-0.2, 0) is 16.2 Å². The van der Waals surface area contributed by atoms with E-state index in [4.69, 9.17) is 0 Å². The van der Waals surface area contributed by atoms with Crippen molar-refractivity contribution >= 4 is 0 Å². The van der Waals surface area contributed by atoms with Gasteiger partial charge in [0, 0.05) is 0 Å². The summed E-state index contributed by atoms with van der Waals surface area (Å²) in [6.07, 6.45) is 1.17. The molecule has 0 saturated carbocycles. The van der Waals surface area contributed by atoms with Crippen molar-refractivity contribution in [2.75, 3.05) is 0 Å². The van der Waals surface area contributed by atoms with E-state index in [0.29, 0.717) is 0 Å². The van der Waals surface area contributed by atoms with Crippen LogP contribution < -0.4 is 0 Å². The Labute approximate surface area is 134 Å². The van der Waals surface area contributed by atoms with E-state index in [1.807, 2.05) is 0 Å². The first-order chi connectivity index (χ1) is 8.80. The fourth-order valence-electron chi connectivity index (χ4n) is 2.87. The maximum Gasteiger partial charge on any atom is -0.0106 e. The van der Waals surface area contributed by atoms with Crippen molar-refractivity contribution in [1.82, 2.24) is 0 Å². The largest absolute Gasteiger partial charge is 0.0776 e. The molecule has 0 heterocycles. The van der Waals surface area contributed by atoms with Crippen LogP contribution in [0.3, 0.4) is 0 Å². The van der Waals surface area contributed by atoms with Crippen LogP contribution in [0.25, 0.3) is 0 Å². The van der Waals surface area contributed by atoms with Gasteiger partial charge in [0.15, 0.2) is 0 Å². The number of rotatable bonds is 2. The Kier molecular flexibility index (Phi) is 5.92. The Balaban J connectivity index is 0.00000400. The van der Waals surface area contributed by atoms with E-state index in [-0.39, 0.29) is 23.7 Å². The zero-order valence-electron chi connectivity index (χ0n) is 15.4. The topological polar surface area (TPSA) is 0 Å². The highest BCUT2D eigenvalue weighted by atomic mass is 14.3. The molecule has 0 bridgehead atoms. The highest BCUT2D eigenvalue weighted by Gasteiger charge is 2.28. The third-order valence-corrected chi connectivity index (χ3v) is 4.69. The number of benzene rings is 1. The third-order valence-electron chi connectivity index (χ3n) is 4.69. The van der Waals surface area contributed by atoms with Gasteiger partial charge >= 0.3 is 0 Å². The molecule has 122 valence electrons. The van der Waals surface area contributed by atoms with Crippen LogP contribution in [-0.4, -0.2) is 0 Å². The second kappa shape index (κ2) is 6.15. The van der Waals surface area contributed by atoms with Gasteiger partial charge in [0.25, 0.3) is 0 Å². The first kappa shape index (κ1) is 20.2. The van der Waals surface area contributed by atoms with E-state index < -0.39 is 0 Å². The lowest BCUT2D eigenvalue weighted by Crippen LogP contribution is -2.24. The molecule has 0 aliphatic rings. The summed E-state index contributed by atoms with van der Waals surface area (Å²) in [6, 6.07) is 4.90. The van der Waals surface area contributed by atoms with Gasteiger partial charge in [-0.2, -0.15) is 0 Å². The van der Waals surface area contributed by atoms with Crippen molar-refractivity contribution in [2.24, 2.45) is 0 Å². The second-order valence-corrected chi connectivity index (χ2v) is 8.93. The van der Waals surface area contributed by atoms with E-state index in [1.54, 1.807) is 0 Å². The van der Waals surface area contributed by atoms with Gasteiger partial charge < -0.3 is 0 Å². The average molecular weight is 291 g/mol. The molecule has 1 aromatic carbocycles. The normalized spacial score (nSPS) is 13.0. The summed E-state index contributed by atoms with van der Waals surface area (Å²) >= 11 is 0. The van der Waals surface area contributed by atoms with E-state index >= 15 is 0 Å². The second-order valence-electron chi connectivity index (χ2n) is 8.93. The molecule has 0 unspecified atom stereocenters. The van der Waals surface area contributed by atoms with Crippen molar-refractivity contribution in [1.29, 1.82) is 0 Å². The summed E-state index contributed by atoms with van der Waals surface area (Å²) in [5.74, 6) is 0. The van der Waals surface area contributed by atoms with Crippen LogP contribution in [0.5, 0.6) is 0 Å². The summed E-state index contributed by atoms with van der Waals surface area (Å²) in [5, 5.41) is 0. The maximum absolute atomic E-state index is 2.45. The summed E-state index contributed by atoms with van der Waals surface area (Å²) in [4.78, 5) is 0. The summed E-state index contributed by atoms with van der Waals surface area (Å²) in [7, 11) is 0. The molecule has 0 nitrogen and oxygen atoms in total. The van der Waals surface area contributed by atoms with Gasteiger partial charge in [-0.3, -0.25) is 0 Å². The molecule has 0 N–H and O–H groups in total. The van der Waals surface area contributed by atoms with Crippen LogP contribution in [0.1, 0.15) is 98.4 Å². The van der Waals surface area contributed by atoms with Crippen LogP contribution in [0.15, 0.2) is 12.1 Å². The van der Waals surface area contributed by atoms with Crippen molar-refractivity contribution in [3.8, 4) is 0 Å². The molecule has 1 rings (SSSR count). The van der Waals surface area contributed by atoms with Gasteiger partial charge in [0.1, 0.15) is 0 Å². The summed E-state index contributed by atoms with van der Waals surface area (Å²) < 4.78 is 0. The molecule has 0 atom stereocenters. The van der Waals surface area contributed by atoms with Gasteiger partial charge in [-0.25, -0.2) is 0 Å². The van der Waals surface area contributed by atoms with Crippen molar-refractivity contribution in [3.63, 3.8) is 0 Å². The predicted molar refractivity (Wildman–Crippen MR) is 98.6 cm³/mol. The molecule has 1 aromatic rings. The molecule has 0 fully saturated rings. The molecule has 21 heavy (non-hydrogen) atoms. The lowest BCUT2D eigenvalue weighted by atomic mass is 9.72. The molecular formula is C21H38. The first-order valence-electron chi connectivity index (χ1n) is 7.97. The highest BCUT2D eigenvalue weighted by Crippen LogP contribution is 2.38. The molecular weight excluding hydrogens is 252 g/mol. The van der Waals surface area contributed by atoms with Gasteiger partial charge in [-0.15, -0.1) is 0 Å². The van der Waals surface area contributed by atoms with Crippen LogP contribution in [0, 0.1) is 6.92 Å². The minimum atomic E-state index is 0. The van der Waals surface area contributed by atoms with E-state index in [0.717, 1.165) is 0 Å². The Morgan fingerprint density at radius 3 is 1.33 bits per heavy atom. The van der Waals surface area contributed by atoms with E-state index in [2.05, 4.69) is 81.4 Å². The molecule has 0 aliphatic heterocycles. The Morgan fingerprint density at radius 1 is 0.762 bits per heavy atom. The minimum Gasteiger partial charge on any atom is -0.0776 e. The predicted octanol–water partition coefficient (Wildman–Crippen LogP) is 6.91. The van der Waals surface area contributed by atoms with Crippen LogP contribution in [0.2, 0.25) is 0 Å². The molecule has 0 spiro atoms. The van der Waals surface area contributed by atoms with Gasteiger partial charge in [0.05, 0.1) is 0 Å². The lowest BCUT2D eigenvalue weighted by Gasteiger charge is -2.33. The third kappa shape index (κ3) is 4.34. The fourth-order valence-corrected chi connectivity index (χ4v) is 2.87.